The molecule has 0 N–H and O–H groups in total. The Labute approximate surface area is 64.2 Å². The number of hydrogen-bond acceptors (Lipinski definition) is 0. The first kappa shape index (κ1) is 8.06. The van der Waals surface area contributed by atoms with Gasteiger partial charge in [-0.25, -0.2) is 5.32 Å². The van der Waals surface area contributed by atoms with Gasteiger partial charge in [0.1, 0.15) is 0 Å². The van der Waals surface area contributed by atoms with Gasteiger partial charge >= 0.3 is 0 Å². The number of rotatable bonds is 2. The highest BCUT2D eigenvalue weighted by Gasteiger charge is 2.19. The Hall–Kier alpha value is -0.0400. The maximum atomic E-state index is 4.48. The van der Waals surface area contributed by atoms with Crippen molar-refractivity contribution in [2.45, 2.75) is 33.1 Å². The summed E-state index contributed by atoms with van der Waals surface area (Å²) in [5.41, 5.74) is 0. The van der Waals surface area contributed by atoms with Crippen molar-refractivity contribution in [3.63, 3.8) is 0 Å². The third kappa shape index (κ3) is 1.98. The molecule has 1 nitrogen and oxygen atoms in total. The fraction of sp³-hybridized carbons (Fsp3) is 1.00. The van der Waals surface area contributed by atoms with E-state index in [9.17, 15) is 0 Å². The molecule has 1 aliphatic heterocycles. The molecule has 2 unspecified atom stereocenters. The van der Waals surface area contributed by atoms with Crippen molar-refractivity contribution in [1.29, 1.82) is 0 Å². The third-order valence-corrected chi connectivity index (χ3v) is 2.60. The lowest BCUT2D eigenvalue weighted by molar-refractivity contribution is 0.270. The van der Waals surface area contributed by atoms with Gasteiger partial charge in [0.05, 0.1) is 0 Å². The molecule has 0 aromatic rings. The van der Waals surface area contributed by atoms with Crippen LogP contribution in [0.3, 0.4) is 0 Å². The second-order valence-corrected chi connectivity index (χ2v) is 3.37. The van der Waals surface area contributed by atoms with E-state index < -0.39 is 0 Å². The van der Waals surface area contributed by atoms with Gasteiger partial charge in [0, 0.05) is 13.1 Å². The first-order valence-corrected chi connectivity index (χ1v) is 4.50. The average Bonchev–Trinajstić information content (AvgIpc) is 2.05. The topological polar surface area (TPSA) is 14.1 Å². The van der Waals surface area contributed by atoms with Crippen LogP contribution in [0.4, 0.5) is 0 Å². The molecule has 1 rings (SSSR count). The van der Waals surface area contributed by atoms with Crippen molar-refractivity contribution < 1.29 is 0 Å². The first-order chi connectivity index (χ1) is 4.86. The van der Waals surface area contributed by atoms with E-state index in [2.05, 4.69) is 19.2 Å². The summed E-state index contributed by atoms with van der Waals surface area (Å²) < 4.78 is 0. The van der Waals surface area contributed by atoms with Gasteiger partial charge in [-0.1, -0.05) is 26.7 Å². The van der Waals surface area contributed by atoms with Crippen molar-refractivity contribution in [2.24, 2.45) is 11.8 Å². The Morgan fingerprint density at radius 1 is 1.10 bits per heavy atom. The minimum absolute atomic E-state index is 0.902. The fourth-order valence-electron chi connectivity index (χ4n) is 1.65. The summed E-state index contributed by atoms with van der Waals surface area (Å²) in [7, 11) is 0. The Balaban J connectivity index is 2.25. The van der Waals surface area contributed by atoms with E-state index in [1.807, 2.05) is 0 Å². The lowest BCUT2D eigenvalue weighted by Crippen LogP contribution is -2.30. The van der Waals surface area contributed by atoms with E-state index >= 15 is 0 Å². The summed E-state index contributed by atoms with van der Waals surface area (Å²) in [6, 6.07) is 0. The van der Waals surface area contributed by atoms with Crippen LogP contribution in [-0.4, -0.2) is 13.1 Å². The molecule has 0 aromatic heterocycles. The Bertz CT molecular complexity index is 80.7. The number of hydrogen-bond donors (Lipinski definition) is 0. The number of nitrogens with zero attached hydrogens (tertiary/aromatic N) is 1. The van der Waals surface area contributed by atoms with Gasteiger partial charge in [0.15, 0.2) is 0 Å². The summed E-state index contributed by atoms with van der Waals surface area (Å²) in [6.45, 7) is 6.82. The lowest BCUT2D eigenvalue weighted by atomic mass is 9.87. The molecule has 0 saturated carbocycles. The van der Waals surface area contributed by atoms with Crippen molar-refractivity contribution in [2.75, 3.05) is 13.1 Å². The normalized spacial score (nSPS) is 34.2. The van der Waals surface area contributed by atoms with Crippen LogP contribution in [0.15, 0.2) is 0 Å². The second kappa shape index (κ2) is 3.97. The molecule has 10 heavy (non-hydrogen) atoms. The summed E-state index contributed by atoms with van der Waals surface area (Å²) >= 11 is 0. The molecule has 0 aromatic carbocycles. The quantitative estimate of drug-likeness (QED) is 0.557. The van der Waals surface area contributed by atoms with Crippen LogP contribution < -0.4 is 5.32 Å². The lowest BCUT2D eigenvalue weighted by Gasteiger charge is -2.27. The van der Waals surface area contributed by atoms with Crippen LogP contribution >= 0.6 is 0 Å². The molecule has 0 spiro atoms. The maximum Gasteiger partial charge on any atom is 0.0161 e. The third-order valence-electron chi connectivity index (χ3n) is 2.60. The van der Waals surface area contributed by atoms with Gasteiger partial charge < -0.3 is 0 Å². The van der Waals surface area contributed by atoms with Crippen molar-refractivity contribution >= 4 is 0 Å². The molecule has 2 atom stereocenters. The molecular weight excluding hydrogens is 122 g/mol. The van der Waals surface area contributed by atoms with Gasteiger partial charge in [-0.3, -0.25) is 0 Å². The predicted molar refractivity (Wildman–Crippen MR) is 44.0 cm³/mol. The minimum Gasteiger partial charge on any atom is -0.241 e. The first-order valence-electron chi connectivity index (χ1n) is 4.50. The summed E-state index contributed by atoms with van der Waals surface area (Å²) in [5, 5.41) is 4.48. The highest BCUT2D eigenvalue weighted by molar-refractivity contribution is 4.73. The molecule has 1 heterocycles. The van der Waals surface area contributed by atoms with Crippen LogP contribution in [0.25, 0.3) is 0 Å². The van der Waals surface area contributed by atoms with E-state index in [1.54, 1.807) is 0 Å². The van der Waals surface area contributed by atoms with E-state index in [0.29, 0.717) is 0 Å². The van der Waals surface area contributed by atoms with Crippen LogP contribution in [0.2, 0.25) is 0 Å². The van der Waals surface area contributed by atoms with Gasteiger partial charge in [-0.05, 0) is 18.3 Å². The van der Waals surface area contributed by atoms with Crippen molar-refractivity contribution in [3.05, 3.63) is 0 Å². The standard InChI is InChI=1S/C9H18N/c1-3-8-5-9(4-2)7-10-6-8/h8-9H,3-7H2,1-2H3. The summed E-state index contributed by atoms with van der Waals surface area (Å²) in [5.74, 6) is 1.80. The van der Waals surface area contributed by atoms with E-state index in [-0.39, 0.29) is 0 Å². The van der Waals surface area contributed by atoms with Gasteiger partial charge in [-0.2, -0.15) is 0 Å². The van der Waals surface area contributed by atoms with Crippen molar-refractivity contribution in [1.82, 2.24) is 5.32 Å². The molecule has 1 fully saturated rings. The summed E-state index contributed by atoms with van der Waals surface area (Å²) in [6.07, 6.45) is 4.07. The molecule has 0 aliphatic carbocycles. The minimum atomic E-state index is 0.902. The molecule has 0 amide bonds. The van der Waals surface area contributed by atoms with Crippen LogP contribution in [0.1, 0.15) is 33.1 Å². The Morgan fingerprint density at radius 3 is 2.00 bits per heavy atom. The van der Waals surface area contributed by atoms with E-state index in [1.165, 1.54) is 19.3 Å². The second-order valence-electron chi connectivity index (χ2n) is 3.37. The summed E-state index contributed by atoms with van der Waals surface area (Å²) in [4.78, 5) is 0. The zero-order valence-electron chi connectivity index (χ0n) is 7.14. The molecule has 0 bridgehead atoms. The van der Waals surface area contributed by atoms with Crippen LogP contribution in [0, 0.1) is 11.8 Å². The SMILES string of the molecule is CCC1C[N]CC(CC)C1. The van der Waals surface area contributed by atoms with Gasteiger partial charge in [0.2, 0.25) is 0 Å². The Morgan fingerprint density at radius 2 is 1.60 bits per heavy atom. The molecule has 1 heteroatoms. The molecule has 59 valence electrons. The van der Waals surface area contributed by atoms with Crippen LogP contribution in [-0.2, 0) is 0 Å². The molecular formula is C9H18N. The Kier molecular flexibility index (Phi) is 3.20. The average molecular weight is 140 g/mol. The van der Waals surface area contributed by atoms with E-state index in [0.717, 1.165) is 24.9 Å². The van der Waals surface area contributed by atoms with Crippen LogP contribution in [0.5, 0.6) is 0 Å². The molecule has 1 saturated heterocycles. The maximum absolute atomic E-state index is 4.48. The largest absolute Gasteiger partial charge is 0.241 e. The zero-order chi connectivity index (χ0) is 7.40. The number of piperidine rings is 1. The van der Waals surface area contributed by atoms with Crippen molar-refractivity contribution in [3.8, 4) is 0 Å². The molecule has 1 aliphatic rings. The van der Waals surface area contributed by atoms with E-state index in [4.69, 9.17) is 0 Å². The van der Waals surface area contributed by atoms with Gasteiger partial charge in [-0.15, -0.1) is 0 Å². The predicted octanol–water partition coefficient (Wildman–Crippen LogP) is 2.05. The fourth-order valence-corrected chi connectivity index (χ4v) is 1.65. The highest BCUT2D eigenvalue weighted by Crippen LogP contribution is 2.21. The smallest absolute Gasteiger partial charge is 0.0161 e. The van der Waals surface area contributed by atoms with Gasteiger partial charge in [0.25, 0.3) is 0 Å². The highest BCUT2D eigenvalue weighted by atomic mass is 14.9. The monoisotopic (exact) mass is 140 g/mol. The molecule has 1 radical (unpaired) electrons. The zero-order valence-corrected chi connectivity index (χ0v) is 7.14.